The van der Waals surface area contributed by atoms with E-state index in [-0.39, 0.29) is 71.7 Å². The monoisotopic (exact) mass is 968 g/mol. The van der Waals surface area contributed by atoms with Crippen molar-refractivity contribution in [3.8, 4) is 17.2 Å². The molecule has 0 saturated heterocycles. The Balaban J connectivity index is -0.000000172. The van der Waals surface area contributed by atoms with Crippen molar-refractivity contribution in [1.82, 2.24) is 29.3 Å². The number of rotatable bonds is 10. The van der Waals surface area contributed by atoms with Crippen LogP contribution in [0, 0.1) is 0 Å². The van der Waals surface area contributed by atoms with Crippen molar-refractivity contribution in [3.05, 3.63) is 78.3 Å². The van der Waals surface area contributed by atoms with Gasteiger partial charge in [0.15, 0.2) is 17.3 Å². The van der Waals surface area contributed by atoms with Gasteiger partial charge in [0.05, 0.1) is 49.6 Å². The summed E-state index contributed by atoms with van der Waals surface area (Å²) in [5.74, 6) is -7.27. The molecule has 0 spiro atoms. The van der Waals surface area contributed by atoms with Gasteiger partial charge in [0.1, 0.15) is 30.8 Å². The Hall–Kier alpha value is -7.35. The van der Waals surface area contributed by atoms with Gasteiger partial charge in [-0.15, -0.1) is 5.11 Å². The first-order chi connectivity index (χ1) is 30.8. The molecule has 32 heteroatoms. The van der Waals surface area contributed by atoms with Crippen LogP contribution in [0.3, 0.4) is 0 Å². The molecule has 0 fully saturated rings. The van der Waals surface area contributed by atoms with Gasteiger partial charge < -0.3 is 60.4 Å². The van der Waals surface area contributed by atoms with E-state index < -0.39 is 87.8 Å². The number of aromatic hydroxyl groups is 3. The van der Waals surface area contributed by atoms with Crippen LogP contribution in [-0.4, -0.2) is 159 Å². The van der Waals surface area contributed by atoms with Gasteiger partial charge in [-0.1, -0.05) is 6.80 Å². The van der Waals surface area contributed by atoms with Crippen LogP contribution in [-0.2, 0) is 68.8 Å². The molecule has 3 rings (SSSR count). The molecular formula is C35H51BN9NaO21. The second kappa shape index (κ2) is 40.2. The zero-order chi connectivity index (χ0) is 52.3. The summed E-state index contributed by atoms with van der Waals surface area (Å²) in [5.41, 5.74) is 1.92. The van der Waals surface area contributed by atoms with Crippen molar-refractivity contribution in [2.45, 2.75) is 26.1 Å². The molecule has 0 aliphatic rings. The van der Waals surface area contributed by atoms with E-state index in [0.717, 1.165) is 53.6 Å². The van der Waals surface area contributed by atoms with Gasteiger partial charge in [0.25, 0.3) is 16.7 Å². The number of nitrogens with two attached hydrogens (primary N) is 1. The van der Waals surface area contributed by atoms with Crippen LogP contribution in [0.15, 0.2) is 60.5 Å². The third-order valence-corrected chi connectivity index (χ3v) is 6.21. The molecule has 67 heavy (non-hydrogen) atoms. The van der Waals surface area contributed by atoms with Crippen LogP contribution in [0.1, 0.15) is 41.6 Å². The fourth-order valence-electron chi connectivity index (χ4n) is 3.15. The number of aromatic carboxylic acids is 1. The number of carboxylic acid groups (broad SMARTS) is 1. The van der Waals surface area contributed by atoms with E-state index in [1.54, 1.807) is 0 Å². The van der Waals surface area contributed by atoms with Crippen molar-refractivity contribution in [1.29, 1.82) is 0 Å². The number of hydrogen-bond acceptors (Lipinski definition) is 26. The molecule has 366 valence electrons. The smallest absolute Gasteiger partial charge is 0.870 e. The Morgan fingerprint density at radius 2 is 1.09 bits per heavy atom. The number of carbonyl (C=O) groups is 7. The number of azo groups is 1. The Labute approximate surface area is 405 Å². The molecule has 0 aliphatic heterocycles. The second-order valence-corrected chi connectivity index (χ2v) is 10.5. The van der Waals surface area contributed by atoms with Gasteiger partial charge in [-0.05, 0) is 7.05 Å². The predicted octanol–water partition coefficient (Wildman–Crippen LogP) is -5.20. The zero-order valence-electron chi connectivity index (χ0n) is 39.2. The molecule has 2 radical (unpaired) electrons. The van der Waals surface area contributed by atoms with Crippen LogP contribution in [0.2, 0.25) is 6.80 Å². The number of carboxylic acids is 1. The van der Waals surface area contributed by atoms with Gasteiger partial charge in [-0.2, -0.15) is 20.4 Å². The number of carbonyl (C=O) groups excluding carboxylic acids is 6. The first-order valence-electron chi connectivity index (χ1n) is 17.7. The molecule has 0 aromatic carbocycles. The molecule has 30 nitrogen and oxygen atoms in total. The van der Waals surface area contributed by atoms with Crippen LogP contribution in [0.4, 0.5) is 0 Å². The summed E-state index contributed by atoms with van der Waals surface area (Å²) in [7, 11) is 17.3. The van der Waals surface area contributed by atoms with Gasteiger partial charge in [-0.3, -0.25) is 33.6 Å². The van der Waals surface area contributed by atoms with E-state index in [0.29, 0.717) is 0 Å². The van der Waals surface area contributed by atoms with Crippen LogP contribution in [0.5, 0.6) is 17.2 Å². The number of hydrogen-bond donors (Lipinski definition) is 6. The predicted molar refractivity (Wildman–Crippen MR) is 223 cm³/mol. The third-order valence-electron chi connectivity index (χ3n) is 6.21. The summed E-state index contributed by atoms with van der Waals surface area (Å²) in [5, 5.41) is 61.6. The quantitative estimate of drug-likeness (QED) is 0.0210. The van der Waals surface area contributed by atoms with Crippen molar-refractivity contribution in [2.75, 3.05) is 49.6 Å². The molecule has 8 N–H and O–H groups in total. The number of aliphatic hydroxyl groups excluding tert-OH is 1. The number of Topliss-reactive ketones (excluding diaryl/α,β-unsaturated/α-hetero) is 1. The molecule has 3 heterocycles. The maximum Gasteiger partial charge on any atom is 1.00 e. The normalized spacial score (nSPS) is 9.57. The van der Waals surface area contributed by atoms with Crippen molar-refractivity contribution in [3.63, 3.8) is 0 Å². The number of ether oxygens (including phenoxy) is 5. The minimum absolute atomic E-state index is 0. The average Bonchev–Trinajstić information content (AvgIpc) is 3.27. The molecule has 0 aliphatic carbocycles. The van der Waals surface area contributed by atoms with Gasteiger partial charge in [0.2, 0.25) is 17.1 Å². The van der Waals surface area contributed by atoms with Crippen LogP contribution < -0.4 is 52.0 Å². The number of methoxy groups -OCH3 is 5. The van der Waals surface area contributed by atoms with Gasteiger partial charge in [0, 0.05) is 47.8 Å². The standard InChI is InChI=1S/C8H12N2O5.C7H8N2O4.C7H10O5.C6H6N2O4.C5H6N2O2.CH3B.CH5N.Na.H2O/c1-9-10-7(8(13)15-3)5(11)4-6(12)14-2;1-9-5(11)3-4(10)6(8-9)7(12)13-2;1-11-6(9)3-5(8)4-7(10)12-2;1-8-4(10)2-3(9)5(7-8)6(11)12;1-7-5(9)2-4(8)3-6-7;2*1-2;;/h11H,4H2,1-3H3;3,10H,1-2H3;3-4H2,1-2H3;2,9H,1H3,(H,11,12);2-3,8H,1H3;1H3;2H2,1H3;;1H2/q;;;;;;;+1;/p-1/i;;;;;1D;;;. The molecular weight excluding hydrogens is 916 g/mol. The fourth-order valence-corrected chi connectivity index (χ4v) is 3.15. The summed E-state index contributed by atoms with van der Waals surface area (Å²) in [6.45, 7) is 0. The van der Waals surface area contributed by atoms with Gasteiger partial charge in [-0.25, -0.2) is 28.4 Å². The molecule has 0 amide bonds. The Kier molecular flexibility index (Phi) is 41.2. The molecule has 0 saturated carbocycles. The Morgan fingerprint density at radius 3 is 1.43 bits per heavy atom. The topological polar surface area (TPSA) is 452 Å². The molecule has 0 atom stereocenters. The number of aromatic nitrogens is 6. The average molecular weight is 969 g/mol. The summed E-state index contributed by atoms with van der Waals surface area (Å²) in [6, 6.07) is 2.81. The van der Waals surface area contributed by atoms with E-state index >= 15 is 0 Å². The van der Waals surface area contributed by atoms with Crippen molar-refractivity contribution >= 4 is 49.4 Å². The number of esters is 5. The van der Waals surface area contributed by atoms with E-state index in [9.17, 15) is 53.1 Å². The molecule has 0 unspecified atom stereocenters. The van der Waals surface area contributed by atoms with Crippen LogP contribution >= 0.6 is 0 Å². The van der Waals surface area contributed by atoms with Crippen molar-refractivity contribution in [2.24, 2.45) is 37.1 Å². The zero-order valence-corrected chi connectivity index (χ0v) is 40.2. The maximum absolute atomic E-state index is 11.1. The first kappa shape index (κ1) is 68.7. The van der Waals surface area contributed by atoms with E-state index in [1.165, 1.54) is 55.7 Å². The van der Waals surface area contributed by atoms with Gasteiger partial charge >= 0.3 is 65.4 Å². The molecule has 3 aromatic heterocycles. The first-order valence-corrected chi connectivity index (χ1v) is 17.0. The fraction of sp³-hybridized carbons (Fsp3) is 0.400. The summed E-state index contributed by atoms with van der Waals surface area (Å²) in [6.07, 6.45) is -0.0153. The minimum Gasteiger partial charge on any atom is -0.870 e. The number of nitrogens with zero attached hydrogens (tertiary/aromatic N) is 8. The van der Waals surface area contributed by atoms with E-state index in [2.05, 4.69) is 62.8 Å². The largest absolute Gasteiger partial charge is 1.00 e. The summed E-state index contributed by atoms with van der Waals surface area (Å²) < 4.78 is 30.3. The second-order valence-electron chi connectivity index (χ2n) is 10.5. The number of aryl methyl sites for hydroxylation is 3. The van der Waals surface area contributed by atoms with E-state index in [1.807, 2.05) is 0 Å². The van der Waals surface area contributed by atoms with E-state index in [4.69, 9.17) is 21.8 Å². The van der Waals surface area contributed by atoms with Crippen LogP contribution in [0.25, 0.3) is 0 Å². The third kappa shape index (κ3) is 30.4. The number of ketones is 1. The molecule has 3 aromatic rings. The summed E-state index contributed by atoms with van der Waals surface area (Å²) >= 11 is 0. The Morgan fingerprint density at radius 1 is 0.701 bits per heavy atom. The Bertz CT molecular complexity index is 2300. The van der Waals surface area contributed by atoms with Crippen molar-refractivity contribution < 1.29 is 119 Å². The molecule has 0 bridgehead atoms. The SMILES string of the molecule is CN.CN=NC(C(=O)OC)=C(O)CC(=O)OC.COC(=O)CC(=O)CC(=O)OC.COC(=O)c1nn(C)c(=O)cc1O.Cn1nc(C(=O)O)c(O)cc1=O.Cn1ncc(O)cc1=O.[2H]C[B].[Na+].[OH-]. The maximum atomic E-state index is 11.1. The number of aliphatic hydroxyl groups is 1. The minimum atomic E-state index is -1.37. The summed E-state index contributed by atoms with van der Waals surface area (Å²) in [4.78, 5) is 107.